The molecular formula is C17H15ClFNO. The number of fused-ring (bicyclic) bond motifs is 1. The van der Waals surface area contributed by atoms with E-state index in [1.165, 1.54) is 6.07 Å². The largest absolute Gasteiger partial charge is 0.459 e. The number of hydrogen-bond donors (Lipinski definition) is 1. The van der Waals surface area contributed by atoms with Gasteiger partial charge in [0.1, 0.15) is 17.2 Å². The SMILES string of the molecule is CNC(c1cc2cc(Cl)ccc2o1)c1ccc(C)cc1F. The maximum Gasteiger partial charge on any atom is 0.134 e. The van der Waals surface area contributed by atoms with Gasteiger partial charge in [0, 0.05) is 16.0 Å². The van der Waals surface area contributed by atoms with Crippen LogP contribution in [-0.2, 0) is 0 Å². The van der Waals surface area contributed by atoms with Crippen LogP contribution >= 0.6 is 11.6 Å². The second-order valence-corrected chi connectivity index (χ2v) is 5.51. The second kappa shape index (κ2) is 5.51. The quantitative estimate of drug-likeness (QED) is 0.749. The summed E-state index contributed by atoms with van der Waals surface area (Å²) in [7, 11) is 1.78. The molecule has 0 spiro atoms. The number of halogens is 2. The topological polar surface area (TPSA) is 25.2 Å². The molecule has 3 rings (SSSR count). The summed E-state index contributed by atoms with van der Waals surface area (Å²) in [5, 5.41) is 4.66. The van der Waals surface area contributed by atoms with E-state index in [0.29, 0.717) is 16.3 Å². The number of furan rings is 1. The van der Waals surface area contributed by atoms with E-state index in [9.17, 15) is 4.39 Å². The first kappa shape index (κ1) is 14.1. The van der Waals surface area contributed by atoms with E-state index < -0.39 is 0 Å². The van der Waals surface area contributed by atoms with Crippen LogP contribution in [0.3, 0.4) is 0 Å². The zero-order chi connectivity index (χ0) is 15.0. The van der Waals surface area contributed by atoms with Crippen LogP contribution in [-0.4, -0.2) is 7.05 Å². The van der Waals surface area contributed by atoms with Gasteiger partial charge in [0.05, 0.1) is 6.04 Å². The van der Waals surface area contributed by atoms with Crippen molar-refractivity contribution >= 4 is 22.6 Å². The highest BCUT2D eigenvalue weighted by Gasteiger charge is 2.20. The Morgan fingerprint density at radius 3 is 2.67 bits per heavy atom. The Kier molecular flexibility index (Phi) is 3.70. The fourth-order valence-corrected chi connectivity index (χ4v) is 2.67. The molecule has 2 aromatic carbocycles. The highest BCUT2D eigenvalue weighted by Crippen LogP contribution is 2.30. The first-order chi connectivity index (χ1) is 10.1. The average molecular weight is 304 g/mol. The third-order valence-electron chi connectivity index (χ3n) is 3.54. The van der Waals surface area contributed by atoms with E-state index >= 15 is 0 Å². The van der Waals surface area contributed by atoms with Crippen LogP contribution in [0.1, 0.15) is 22.9 Å². The fraction of sp³-hybridized carbons (Fsp3) is 0.176. The lowest BCUT2D eigenvalue weighted by Crippen LogP contribution is -2.18. The van der Waals surface area contributed by atoms with E-state index in [1.54, 1.807) is 19.2 Å². The summed E-state index contributed by atoms with van der Waals surface area (Å²) in [6.45, 7) is 1.87. The Morgan fingerprint density at radius 2 is 1.95 bits per heavy atom. The van der Waals surface area contributed by atoms with Crippen molar-refractivity contribution in [2.45, 2.75) is 13.0 Å². The monoisotopic (exact) mass is 303 g/mol. The molecule has 0 saturated carbocycles. The molecule has 0 saturated heterocycles. The average Bonchev–Trinajstić information content (AvgIpc) is 2.84. The molecule has 0 aliphatic carbocycles. The third-order valence-corrected chi connectivity index (χ3v) is 3.77. The Labute approximate surface area is 127 Å². The molecule has 3 aromatic rings. The maximum atomic E-state index is 14.2. The minimum Gasteiger partial charge on any atom is -0.459 e. The van der Waals surface area contributed by atoms with E-state index in [0.717, 1.165) is 16.5 Å². The van der Waals surface area contributed by atoms with Crippen LogP contribution in [0.4, 0.5) is 4.39 Å². The second-order valence-electron chi connectivity index (χ2n) is 5.08. The summed E-state index contributed by atoms with van der Waals surface area (Å²) >= 11 is 5.98. The molecule has 1 atom stereocenters. The molecule has 0 aliphatic rings. The summed E-state index contributed by atoms with van der Waals surface area (Å²) in [4.78, 5) is 0. The predicted octanol–water partition coefficient (Wildman–Crippen LogP) is 4.84. The lowest BCUT2D eigenvalue weighted by atomic mass is 10.0. The van der Waals surface area contributed by atoms with Gasteiger partial charge < -0.3 is 9.73 Å². The van der Waals surface area contributed by atoms with Crippen LogP contribution in [0.5, 0.6) is 0 Å². The van der Waals surface area contributed by atoms with Gasteiger partial charge in [-0.2, -0.15) is 0 Å². The number of nitrogens with one attached hydrogen (secondary N) is 1. The van der Waals surface area contributed by atoms with Crippen molar-refractivity contribution in [2.24, 2.45) is 0 Å². The van der Waals surface area contributed by atoms with Gasteiger partial charge in [-0.25, -0.2) is 4.39 Å². The fourth-order valence-electron chi connectivity index (χ4n) is 2.49. The Morgan fingerprint density at radius 1 is 1.14 bits per heavy atom. The van der Waals surface area contributed by atoms with Gasteiger partial charge >= 0.3 is 0 Å². The molecule has 0 aliphatic heterocycles. The molecule has 4 heteroatoms. The first-order valence-electron chi connectivity index (χ1n) is 6.71. The highest BCUT2D eigenvalue weighted by molar-refractivity contribution is 6.31. The van der Waals surface area contributed by atoms with Crippen LogP contribution in [0, 0.1) is 12.7 Å². The van der Waals surface area contributed by atoms with Crippen molar-refractivity contribution in [3.8, 4) is 0 Å². The molecule has 0 amide bonds. The first-order valence-corrected chi connectivity index (χ1v) is 7.08. The maximum absolute atomic E-state index is 14.2. The molecular weight excluding hydrogens is 289 g/mol. The van der Waals surface area contributed by atoms with E-state index in [2.05, 4.69) is 5.32 Å². The van der Waals surface area contributed by atoms with Crippen LogP contribution in [0.15, 0.2) is 46.9 Å². The molecule has 108 valence electrons. The van der Waals surface area contributed by atoms with Crippen molar-refractivity contribution < 1.29 is 8.81 Å². The zero-order valence-corrected chi connectivity index (χ0v) is 12.5. The summed E-state index contributed by atoms with van der Waals surface area (Å²) in [6, 6.07) is 12.2. The van der Waals surface area contributed by atoms with Crippen molar-refractivity contribution in [3.63, 3.8) is 0 Å². The molecule has 2 nitrogen and oxygen atoms in total. The third kappa shape index (κ3) is 2.67. The van der Waals surface area contributed by atoms with Gasteiger partial charge in [-0.1, -0.05) is 23.7 Å². The van der Waals surface area contributed by atoms with Crippen LogP contribution in [0.25, 0.3) is 11.0 Å². The minimum absolute atomic E-state index is 0.243. The predicted molar refractivity (Wildman–Crippen MR) is 83.3 cm³/mol. The standard InChI is InChI=1S/C17H15ClFNO/c1-10-3-5-13(14(19)7-10)17(20-2)16-9-11-8-12(18)4-6-15(11)21-16/h3-9,17,20H,1-2H3. The summed E-state index contributed by atoms with van der Waals surface area (Å²) < 4.78 is 20.0. The highest BCUT2D eigenvalue weighted by atomic mass is 35.5. The smallest absolute Gasteiger partial charge is 0.134 e. The van der Waals surface area contributed by atoms with Crippen molar-refractivity contribution in [1.82, 2.24) is 5.32 Å². The molecule has 1 N–H and O–H groups in total. The van der Waals surface area contributed by atoms with Gasteiger partial charge in [-0.05, 0) is 49.9 Å². The molecule has 1 heterocycles. The number of benzene rings is 2. The number of rotatable bonds is 3. The Balaban J connectivity index is 2.09. The van der Waals surface area contributed by atoms with E-state index in [4.69, 9.17) is 16.0 Å². The lowest BCUT2D eigenvalue weighted by molar-refractivity contribution is 0.476. The zero-order valence-electron chi connectivity index (χ0n) is 11.8. The van der Waals surface area contributed by atoms with Gasteiger partial charge in [-0.3, -0.25) is 0 Å². The van der Waals surface area contributed by atoms with E-state index in [-0.39, 0.29) is 11.9 Å². The van der Waals surface area contributed by atoms with Crippen molar-refractivity contribution in [1.29, 1.82) is 0 Å². The van der Waals surface area contributed by atoms with Gasteiger partial charge in [0.25, 0.3) is 0 Å². The summed E-state index contributed by atoms with van der Waals surface area (Å²) in [6.07, 6.45) is 0. The minimum atomic E-state index is -0.336. The molecule has 21 heavy (non-hydrogen) atoms. The molecule has 0 fully saturated rings. The summed E-state index contributed by atoms with van der Waals surface area (Å²) in [5.74, 6) is 0.422. The summed E-state index contributed by atoms with van der Waals surface area (Å²) in [5.41, 5.74) is 2.19. The van der Waals surface area contributed by atoms with Crippen molar-refractivity contribution in [3.05, 3.63) is 70.2 Å². The molecule has 1 unspecified atom stereocenters. The molecule has 0 radical (unpaired) electrons. The Bertz CT molecular complexity index is 797. The number of aryl methyl sites for hydroxylation is 1. The number of hydrogen-bond acceptors (Lipinski definition) is 2. The van der Waals surface area contributed by atoms with Gasteiger partial charge in [-0.15, -0.1) is 0 Å². The van der Waals surface area contributed by atoms with Crippen LogP contribution in [0.2, 0.25) is 5.02 Å². The lowest BCUT2D eigenvalue weighted by Gasteiger charge is -2.15. The van der Waals surface area contributed by atoms with Gasteiger partial charge in [0.15, 0.2) is 0 Å². The normalized spacial score (nSPS) is 12.8. The Hall–Kier alpha value is -1.84. The van der Waals surface area contributed by atoms with Gasteiger partial charge in [0.2, 0.25) is 0 Å². The molecule has 0 bridgehead atoms. The molecule has 1 aromatic heterocycles. The van der Waals surface area contributed by atoms with Crippen molar-refractivity contribution in [2.75, 3.05) is 7.05 Å². The van der Waals surface area contributed by atoms with Crippen LogP contribution < -0.4 is 5.32 Å². The van der Waals surface area contributed by atoms with E-state index in [1.807, 2.05) is 31.2 Å².